The lowest BCUT2D eigenvalue weighted by Crippen LogP contribution is -2.45. The fourth-order valence-electron chi connectivity index (χ4n) is 4.45. The Labute approximate surface area is 234 Å². The molecule has 0 fully saturated rings. The molecule has 0 saturated carbocycles. The van der Waals surface area contributed by atoms with Crippen molar-refractivity contribution in [2.45, 2.75) is 38.1 Å². The van der Waals surface area contributed by atoms with Crippen LogP contribution in [0.25, 0.3) is 10.8 Å². The Morgan fingerprint density at radius 3 is 2.15 bits per heavy atom. The molecule has 0 aliphatic carbocycles. The molecule has 1 atom stereocenters. The smallest absolute Gasteiger partial charge is 0.251 e. The van der Waals surface area contributed by atoms with Crippen molar-refractivity contribution in [1.82, 2.24) is 5.32 Å². The summed E-state index contributed by atoms with van der Waals surface area (Å²) in [5.74, 6) is -0.854. The van der Waals surface area contributed by atoms with Gasteiger partial charge in [0.25, 0.3) is 5.91 Å². The third-order valence-corrected chi connectivity index (χ3v) is 8.78. The predicted octanol–water partition coefficient (Wildman–Crippen LogP) is 6.29. The van der Waals surface area contributed by atoms with Gasteiger partial charge >= 0.3 is 0 Å². The Kier molecular flexibility index (Phi) is 8.42. The molecule has 4 rings (SSSR count). The van der Waals surface area contributed by atoms with E-state index in [9.17, 15) is 18.0 Å². The highest BCUT2D eigenvalue weighted by molar-refractivity contribution is 7.91. The average Bonchev–Trinajstić information content (AvgIpc) is 2.88. The van der Waals surface area contributed by atoms with Crippen molar-refractivity contribution in [3.05, 3.63) is 107 Å². The van der Waals surface area contributed by atoms with Crippen molar-refractivity contribution in [2.24, 2.45) is 5.41 Å². The molecule has 6 nitrogen and oxygen atoms in total. The highest BCUT2D eigenvalue weighted by Gasteiger charge is 2.27. The number of anilines is 1. The van der Waals surface area contributed by atoms with Crippen LogP contribution in [0.5, 0.6) is 0 Å². The minimum atomic E-state index is -3.58. The quantitative estimate of drug-likeness (QED) is 0.264. The molecule has 0 radical (unpaired) electrons. The van der Waals surface area contributed by atoms with Crippen LogP contribution in [-0.4, -0.2) is 32.0 Å². The maximum Gasteiger partial charge on any atom is 0.251 e. The molecule has 2 amide bonds. The molecule has 4 aromatic rings. The van der Waals surface area contributed by atoms with Gasteiger partial charge in [0.2, 0.25) is 5.91 Å². The Bertz CT molecular complexity index is 1610. The van der Waals surface area contributed by atoms with Crippen LogP contribution in [0.4, 0.5) is 5.69 Å². The normalized spacial score (nSPS) is 12.6. The number of hydrogen-bond acceptors (Lipinski definition) is 4. The van der Waals surface area contributed by atoms with E-state index in [-0.39, 0.29) is 17.1 Å². The molecule has 0 spiro atoms. The number of nitrogens with one attached hydrogen (secondary N) is 2. The fraction of sp³-hybridized carbons (Fsp3) is 0.226. The minimum absolute atomic E-state index is 0.0128. The molecule has 8 heteroatoms. The molecular formula is C31H31ClN2O4S. The summed E-state index contributed by atoms with van der Waals surface area (Å²) in [4.78, 5) is 26.8. The van der Waals surface area contributed by atoms with Crippen LogP contribution in [0.3, 0.4) is 0 Å². The second kappa shape index (κ2) is 11.6. The number of hydrogen-bond donors (Lipinski definition) is 2. The summed E-state index contributed by atoms with van der Waals surface area (Å²) < 4.78 is 26.5. The Hall–Kier alpha value is -3.68. The molecule has 4 aromatic carbocycles. The van der Waals surface area contributed by atoms with Crippen molar-refractivity contribution in [1.29, 1.82) is 0 Å². The van der Waals surface area contributed by atoms with Crippen LogP contribution in [0.1, 0.15) is 36.7 Å². The van der Waals surface area contributed by atoms with Gasteiger partial charge in [-0.25, -0.2) is 8.42 Å². The van der Waals surface area contributed by atoms with E-state index in [1.54, 1.807) is 78.9 Å². The zero-order valence-corrected chi connectivity index (χ0v) is 23.6. The topological polar surface area (TPSA) is 92.3 Å². The van der Waals surface area contributed by atoms with E-state index in [4.69, 9.17) is 11.6 Å². The number of fused-ring (bicyclic) bond motifs is 1. The van der Waals surface area contributed by atoms with Crippen LogP contribution < -0.4 is 10.6 Å². The highest BCUT2D eigenvalue weighted by Crippen LogP contribution is 2.32. The van der Waals surface area contributed by atoms with Gasteiger partial charge < -0.3 is 10.6 Å². The van der Waals surface area contributed by atoms with E-state index in [1.807, 2.05) is 32.9 Å². The maximum atomic E-state index is 13.6. The van der Waals surface area contributed by atoms with Gasteiger partial charge in [0, 0.05) is 33.5 Å². The lowest BCUT2D eigenvalue weighted by molar-refractivity contribution is -0.118. The number of sulfone groups is 1. The summed E-state index contributed by atoms with van der Waals surface area (Å²) in [5, 5.41) is 7.35. The summed E-state index contributed by atoms with van der Waals surface area (Å²) in [6.45, 7) is 5.64. The van der Waals surface area contributed by atoms with Crippen LogP contribution in [0.2, 0.25) is 5.02 Å². The van der Waals surface area contributed by atoms with Crippen molar-refractivity contribution in [2.75, 3.05) is 11.1 Å². The van der Waals surface area contributed by atoms with Gasteiger partial charge in [-0.05, 0) is 41.3 Å². The number of rotatable bonds is 8. The molecule has 0 bridgehead atoms. The first kappa shape index (κ1) is 28.3. The molecular weight excluding hydrogens is 532 g/mol. The Morgan fingerprint density at radius 1 is 0.821 bits per heavy atom. The van der Waals surface area contributed by atoms with E-state index in [0.29, 0.717) is 32.6 Å². The largest absolute Gasteiger partial charge is 0.340 e. The third kappa shape index (κ3) is 7.05. The Balaban J connectivity index is 1.68. The van der Waals surface area contributed by atoms with Crippen molar-refractivity contribution >= 4 is 49.7 Å². The number of halogens is 1. The molecule has 39 heavy (non-hydrogen) atoms. The van der Waals surface area contributed by atoms with Gasteiger partial charge in [-0.1, -0.05) is 93.0 Å². The van der Waals surface area contributed by atoms with E-state index < -0.39 is 33.1 Å². The summed E-state index contributed by atoms with van der Waals surface area (Å²) >= 11 is 6.37. The van der Waals surface area contributed by atoms with E-state index in [2.05, 4.69) is 10.6 Å². The van der Waals surface area contributed by atoms with Gasteiger partial charge in [0.05, 0.1) is 10.6 Å². The average molecular weight is 563 g/mol. The SMILES string of the molecule is CC(C)(C)CS(=O)(=O)c1cccc2c(NC(=O)[C@H](Cc3ccccc3Cl)NC(=O)c3ccccc3)cccc12. The molecule has 0 aromatic heterocycles. The van der Waals surface area contributed by atoms with Gasteiger partial charge in [-0.15, -0.1) is 0 Å². The van der Waals surface area contributed by atoms with Crippen LogP contribution in [0, 0.1) is 5.41 Å². The van der Waals surface area contributed by atoms with Gasteiger partial charge in [-0.3, -0.25) is 9.59 Å². The number of carbonyl (C=O) groups is 2. The minimum Gasteiger partial charge on any atom is -0.340 e. The number of carbonyl (C=O) groups excluding carboxylic acids is 2. The number of benzene rings is 4. The first-order valence-corrected chi connectivity index (χ1v) is 14.6. The second-order valence-electron chi connectivity index (χ2n) is 10.7. The van der Waals surface area contributed by atoms with Crippen LogP contribution in [-0.2, 0) is 21.1 Å². The summed E-state index contributed by atoms with van der Waals surface area (Å²) in [6.07, 6.45) is 0.167. The molecule has 2 N–H and O–H groups in total. The van der Waals surface area contributed by atoms with Gasteiger partial charge in [-0.2, -0.15) is 0 Å². The third-order valence-electron chi connectivity index (χ3n) is 6.14. The summed E-state index contributed by atoms with van der Waals surface area (Å²) in [7, 11) is -3.58. The monoisotopic (exact) mass is 562 g/mol. The predicted molar refractivity (Wildman–Crippen MR) is 157 cm³/mol. The first-order chi connectivity index (χ1) is 18.4. The molecule has 0 unspecified atom stereocenters. The lowest BCUT2D eigenvalue weighted by atomic mass is 10.0. The van der Waals surface area contributed by atoms with E-state index >= 15 is 0 Å². The zero-order chi connectivity index (χ0) is 28.2. The Morgan fingerprint density at radius 2 is 1.46 bits per heavy atom. The summed E-state index contributed by atoms with van der Waals surface area (Å²) in [6, 6.07) is 25.0. The second-order valence-corrected chi connectivity index (χ2v) is 13.0. The van der Waals surface area contributed by atoms with Gasteiger partial charge in [0.15, 0.2) is 9.84 Å². The molecule has 202 valence electrons. The van der Waals surface area contributed by atoms with E-state index in [0.717, 1.165) is 0 Å². The molecule has 0 aliphatic rings. The van der Waals surface area contributed by atoms with Crippen LogP contribution in [0.15, 0.2) is 95.9 Å². The highest BCUT2D eigenvalue weighted by atomic mass is 35.5. The lowest BCUT2D eigenvalue weighted by Gasteiger charge is -2.21. The van der Waals surface area contributed by atoms with Crippen molar-refractivity contribution in [3.8, 4) is 0 Å². The molecule has 0 aliphatic heterocycles. The van der Waals surface area contributed by atoms with Crippen molar-refractivity contribution < 1.29 is 18.0 Å². The molecule has 0 saturated heterocycles. The van der Waals surface area contributed by atoms with E-state index in [1.165, 1.54) is 0 Å². The number of amides is 2. The zero-order valence-electron chi connectivity index (χ0n) is 22.1. The summed E-state index contributed by atoms with van der Waals surface area (Å²) in [5.41, 5.74) is 1.16. The van der Waals surface area contributed by atoms with Crippen molar-refractivity contribution in [3.63, 3.8) is 0 Å². The maximum absolute atomic E-state index is 13.6. The standard InChI is InChI=1S/C31H31ClN2O4S/c1-31(2,3)20-39(37,38)28-18-10-14-23-24(28)15-9-17-26(23)33-30(36)27(19-22-13-7-8-16-25(22)32)34-29(35)21-11-5-4-6-12-21/h4-18,27H,19-20H2,1-3H3,(H,33,36)(H,34,35)/t27-/m0/s1. The molecule has 0 heterocycles. The van der Waals surface area contributed by atoms with Crippen LogP contribution >= 0.6 is 11.6 Å². The van der Waals surface area contributed by atoms with Gasteiger partial charge in [0.1, 0.15) is 6.04 Å². The first-order valence-electron chi connectivity index (χ1n) is 12.6. The fourth-order valence-corrected chi connectivity index (χ4v) is 6.76.